The van der Waals surface area contributed by atoms with Gasteiger partial charge in [0, 0.05) is 6.08 Å². The van der Waals surface area contributed by atoms with Crippen molar-refractivity contribution in [2.45, 2.75) is 20.8 Å². The van der Waals surface area contributed by atoms with E-state index in [-0.39, 0.29) is 5.41 Å². The van der Waals surface area contributed by atoms with Crippen LogP contribution in [0.4, 0.5) is 0 Å². The van der Waals surface area contributed by atoms with E-state index in [2.05, 4.69) is 70.3 Å². The monoisotopic (exact) mass is 265 g/mol. The summed E-state index contributed by atoms with van der Waals surface area (Å²) in [5.74, 6) is 0. The Labute approximate surface area is 123 Å². The number of rotatable bonds is 3. The Bertz CT molecular complexity index is 505. The van der Waals surface area contributed by atoms with Crippen molar-refractivity contribution in [3.05, 3.63) is 78.9 Å². The molecule has 0 heterocycles. The first-order valence-electron chi connectivity index (χ1n) is 6.52. The summed E-state index contributed by atoms with van der Waals surface area (Å²) in [5, 5.41) is 7.51. The second-order valence-electron chi connectivity index (χ2n) is 5.19. The highest BCUT2D eigenvalue weighted by Crippen LogP contribution is 2.28. The molecule has 0 bridgehead atoms. The van der Waals surface area contributed by atoms with Gasteiger partial charge in [0.25, 0.3) is 0 Å². The Kier molecular flexibility index (Phi) is 8.46. The third-order valence-corrected chi connectivity index (χ3v) is 2.49. The molecule has 0 radical (unpaired) electrons. The zero-order chi connectivity index (χ0) is 15.4. The molecule has 0 aromatic heterocycles. The molecule has 0 saturated carbocycles. The highest BCUT2D eigenvalue weighted by Gasteiger charge is 2.13. The van der Waals surface area contributed by atoms with E-state index < -0.39 is 0 Å². The number of benzene rings is 1. The largest absolute Gasteiger partial charge is 0.193 e. The molecular formula is C19H23N. The molecule has 20 heavy (non-hydrogen) atoms. The van der Waals surface area contributed by atoms with Crippen LogP contribution in [0.1, 0.15) is 26.3 Å². The van der Waals surface area contributed by atoms with E-state index in [0.717, 1.165) is 0 Å². The Hall–Kier alpha value is -2.33. The predicted molar refractivity (Wildman–Crippen MR) is 89.0 cm³/mol. The molecule has 0 N–H and O–H groups in total. The van der Waals surface area contributed by atoms with Crippen molar-refractivity contribution in [3.8, 4) is 6.07 Å². The second kappa shape index (κ2) is 9.58. The van der Waals surface area contributed by atoms with Crippen LogP contribution in [0.2, 0.25) is 0 Å². The summed E-state index contributed by atoms with van der Waals surface area (Å²) in [6.07, 6.45) is 9.32. The minimum absolute atomic E-state index is 0.148. The van der Waals surface area contributed by atoms with Crippen LogP contribution >= 0.6 is 0 Å². The third kappa shape index (κ3) is 7.89. The maximum Gasteiger partial charge on any atom is 0.0905 e. The van der Waals surface area contributed by atoms with Crippen LogP contribution in [0.3, 0.4) is 0 Å². The average Bonchev–Trinajstić information content (AvgIpc) is 2.43. The molecule has 1 aromatic carbocycles. The molecule has 0 saturated heterocycles. The number of nitrogens with zero attached hydrogens (tertiary/aromatic N) is 1. The van der Waals surface area contributed by atoms with E-state index in [1.165, 1.54) is 17.2 Å². The molecule has 0 unspecified atom stereocenters. The zero-order valence-corrected chi connectivity index (χ0v) is 12.6. The summed E-state index contributed by atoms with van der Waals surface area (Å²) in [7, 11) is 0. The predicted octanol–water partition coefficient (Wildman–Crippen LogP) is 5.55. The molecule has 0 spiro atoms. The van der Waals surface area contributed by atoms with E-state index >= 15 is 0 Å². The van der Waals surface area contributed by atoms with E-state index in [0.29, 0.717) is 0 Å². The molecule has 1 nitrogen and oxygen atoms in total. The lowest BCUT2D eigenvalue weighted by Crippen LogP contribution is -2.07. The van der Waals surface area contributed by atoms with Crippen LogP contribution in [-0.4, -0.2) is 0 Å². The Balaban J connectivity index is 0.000000796. The van der Waals surface area contributed by atoms with Crippen LogP contribution in [0.25, 0.3) is 6.08 Å². The van der Waals surface area contributed by atoms with Crippen molar-refractivity contribution in [1.82, 2.24) is 0 Å². The van der Waals surface area contributed by atoms with Crippen molar-refractivity contribution in [3.63, 3.8) is 0 Å². The Morgan fingerprint density at radius 3 is 2.10 bits per heavy atom. The molecule has 1 heteroatoms. The van der Waals surface area contributed by atoms with Gasteiger partial charge in [-0.3, -0.25) is 0 Å². The van der Waals surface area contributed by atoms with Crippen molar-refractivity contribution in [2.24, 2.45) is 5.41 Å². The molecule has 0 aliphatic rings. The van der Waals surface area contributed by atoms with Gasteiger partial charge in [-0.1, -0.05) is 88.6 Å². The van der Waals surface area contributed by atoms with Crippen molar-refractivity contribution < 1.29 is 0 Å². The summed E-state index contributed by atoms with van der Waals surface area (Å²) in [6, 6.07) is 12.1. The molecule has 0 atom stereocenters. The Morgan fingerprint density at radius 1 is 1.15 bits per heavy atom. The minimum atomic E-state index is 0.148. The molecule has 0 aliphatic heterocycles. The normalized spacial score (nSPS) is 11.2. The van der Waals surface area contributed by atoms with Crippen molar-refractivity contribution in [2.75, 3.05) is 0 Å². The lowest BCUT2D eigenvalue weighted by atomic mass is 9.85. The van der Waals surface area contributed by atoms with Gasteiger partial charge in [0.1, 0.15) is 0 Å². The SMILES string of the molecule is C=CC#N.C=CC=CC(=Cc1ccccc1)C(C)(C)C. The van der Waals surface area contributed by atoms with E-state index in [1.807, 2.05) is 18.2 Å². The quantitative estimate of drug-likeness (QED) is 0.519. The van der Waals surface area contributed by atoms with Crippen LogP contribution in [0.15, 0.2) is 73.4 Å². The lowest BCUT2D eigenvalue weighted by molar-refractivity contribution is 0.520. The highest BCUT2D eigenvalue weighted by molar-refractivity contribution is 5.57. The smallest absolute Gasteiger partial charge is 0.0905 e. The fourth-order valence-corrected chi connectivity index (χ4v) is 1.42. The number of hydrogen-bond acceptors (Lipinski definition) is 1. The van der Waals surface area contributed by atoms with Gasteiger partial charge in [-0.25, -0.2) is 0 Å². The molecule has 0 fully saturated rings. The van der Waals surface area contributed by atoms with E-state index in [9.17, 15) is 0 Å². The fraction of sp³-hybridized carbons (Fsp3) is 0.211. The first kappa shape index (κ1) is 17.7. The third-order valence-electron chi connectivity index (χ3n) is 2.49. The lowest BCUT2D eigenvalue weighted by Gasteiger charge is -2.20. The van der Waals surface area contributed by atoms with E-state index in [4.69, 9.17) is 5.26 Å². The van der Waals surface area contributed by atoms with Gasteiger partial charge in [-0.05, 0) is 16.6 Å². The summed E-state index contributed by atoms with van der Waals surface area (Å²) in [6.45, 7) is 13.5. The van der Waals surface area contributed by atoms with E-state index in [1.54, 1.807) is 6.07 Å². The van der Waals surface area contributed by atoms with Crippen LogP contribution in [0, 0.1) is 16.7 Å². The molecule has 0 aliphatic carbocycles. The first-order valence-corrected chi connectivity index (χ1v) is 6.52. The Morgan fingerprint density at radius 2 is 1.70 bits per heavy atom. The highest BCUT2D eigenvalue weighted by atomic mass is 14.2. The van der Waals surface area contributed by atoms with Gasteiger partial charge in [-0.15, -0.1) is 0 Å². The van der Waals surface area contributed by atoms with Gasteiger partial charge in [0.2, 0.25) is 0 Å². The summed E-state index contributed by atoms with van der Waals surface area (Å²) >= 11 is 0. The van der Waals surface area contributed by atoms with Gasteiger partial charge in [0.05, 0.1) is 6.07 Å². The summed E-state index contributed by atoms with van der Waals surface area (Å²) in [4.78, 5) is 0. The molecule has 1 aromatic rings. The van der Waals surface area contributed by atoms with Crippen molar-refractivity contribution in [1.29, 1.82) is 5.26 Å². The molecular weight excluding hydrogens is 242 g/mol. The van der Waals surface area contributed by atoms with Crippen molar-refractivity contribution >= 4 is 6.08 Å². The van der Waals surface area contributed by atoms with Crippen LogP contribution in [0.5, 0.6) is 0 Å². The zero-order valence-electron chi connectivity index (χ0n) is 12.6. The number of nitriles is 1. The van der Waals surface area contributed by atoms with Gasteiger partial charge in [0.15, 0.2) is 0 Å². The van der Waals surface area contributed by atoms with Gasteiger partial charge < -0.3 is 0 Å². The topological polar surface area (TPSA) is 23.8 Å². The standard InChI is InChI=1S/C16H20.C3H3N/c1-5-6-12-15(16(2,3)4)13-14-10-8-7-9-11-14;1-2-3-4/h5-13H,1H2,2-4H3;2H,1H2. The fourth-order valence-electron chi connectivity index (χ4n) is 1.42. The maximum atomic E-state index is 7.51. The maximum absolute atomic E-state index is 7.51. The number of hydrogen-bond donors (Lipinski definition) is 0. The van der Waals surface area contributed by atoms with Crippen LogP contribution in [-0.2, 0) is 0 Å². The second-order valence-corrected chi connectivity index (χ2v) is 5.19. The first-order chi connectivity index (χ1) is 9.45. The summed E-state index contributed by atoms with van der Waals surface area (Å²) < 4.78 is 0. The molecule has 0 amide bonds. The molecule has 1 rings (SSSR count). The van der Waals surface area contributed by atoms with Crippen LogP contribution < -0.4 is 0 Å². The van der Waals surface area contributed by atoms with Gasteiger partial charge in [-0.2, -0.15) is 5.26 Å². The number of allylic oxidation sites excluding steroid dienone is 5. The minimum Gasteiger partial charge on any atom is -0.193 e. The average molecular weight is 265 g/mol. The van der Waals surface area contributed by atoms with Gasteiger partial charge >= 0.3 is 0 Å². The molecule has 104 valence electrons. The summed E-state index contributed by atoms with van der Waals surface area (Å²) in [5.41, 5.74) is 2.69.